The molecule has 6 atom stereocenters. The predicted octanol–water partition coefficient (Wildman–Crippen LogP) is 7.53. The van der Waals surface area contributed by atoms with Crippen LogP contribution in [0.25, 0.3) is 0 Å². The zero-order valence-corrected chi connectivity index (χ0v) is 34.1. The number of halogens is 2. The molecule has 0 saturated carbocycles. The van der Waals surface area contributed by atoms with Gasteiger partial charge in [0.05, 0.1) is 36.1 Å². The van der Waals surface area contributed by atoms with Crippen molar-refractivity contribution in [2.75, 3.05) is 49.4 Å². The normalized spacial score (nSPS) is 28.3. The van der Waals surface area contributed by atoms with Crippen LogP contribution in [-0.4, -0.2) is 71.2 Å². The van der Waals surface area contributed by atoms with E-state index < -0.39 is 22.3 Å². The molecule has 0 amide bonds. The molecule has 2 aromatic rings. The highest BCUT2D eigenvalue weighted by Gasteiger charge is 2.51. The van der Waals surface area contributed by atoms with Gasteiger partial charge < -0.3 is 30.4 Å². The summed E-state index contributed by atoms with van der Waals surface area (Å²) in [4.78, 5) is 34.3. The lowest BCUT2D eigenvalue weighted by Crippen LogP contribution is -2.51. The summed E-state index contributed by atoms with van der Waals surface area (Å²) in [6, 6.07) is 9.13. The molecule has 14 heteroatoms. The second-order valence-electron chi connectivity index (χ2n) is 16.7. The van der Waals surface area contributed by atoms with Gasteiger partial charge in [-0.15, -0.1) is 23.5 Å². The Hall–Kier alpha value is -3.20. The quantitative estimate of drug-likeness (QED) is 0.223. The number of nitrogens with zero attached hydrogens (tertiary/aromatic N) is 2. The maximum atomic E-state index is 14.8. The maximum Gasteiger partial charge on any atom is 0.312 e. The highest BCUT2D eigenvalue weighted by Crippen LogP contribution is 2.50. The molecule has 2 saturated heterocycles. The van der Waals surface area contributed by atoms with Crippen molar-refractivity contribution in [3.8, 4) is 0 Å². The number of anilines is 2. The van der Waals surface area contributed by atoms with Gasteiger partial charge in [-0.2, -0.15) is 0 Å². The van der Waals surface area contributed by atoms with Crippen molar-refractivity contribution in [2.24, 2.45) is 33.7 Å². The minimum atomic E-state index is -0.861. The average Bonchev–Trinajstić information content (AvgIpc) is 3.05. The third-order valence-corrected chi connectivity index (χ3v) is 12.0. The summed E-state index contributed by atoms with van der Waals surface area (Å²) in [6.07, 6.45) is 0.156. The number of ether oxygens (including phenoxy) is 4. The lowest BCUT2D eigenvalue weighted by atomic mass is 9.72. The lowest BCUT2D eigenvalue weighted by molar-refractivity contribution is -0.154. The Morgan fingerprint density at radius 1 is 0.741 bits per heavy atom. The number of hydrogen-bond acceptors (Lipinski definition) is 12. The molecule has 10 nitrogen and oxygen atoms in total. The average molecular weight is 789 g/mol. The topological polar surface area (TPSA) is 148 Å². The van der Waals surface area contributed by atoms with E-state index in [4.69, 9.17) is 40.4 Å². The van der Waals surface area contributed by atoms with Gasteiger partial charge in [-0.25, -0.2) is 8.78 Å². The Balaban J connectivity index is 0.000000208. The highest BCUT2D eigenvalue weighted by atomic mass is 32.2. The van der Waals surface area contributed by atoms with Crippen molar-refractivity contribution in [1.82, 2.24) is 0 Å². The molecule has 54 heavy (non-hydrogen) atoms. The van der Waals surface area contributed by atoms with E-state index in [9.17, 15) is 18.4 Å². The number of carbonyl (C=O) groups is 2. The molecule has 0 spiro atoms. The van der Waals surface area contributed by atoms with Crippen LogP contribution >= 0.6 is 23.5 Å². The first kappa shape index (κ1) is 42.0. The summed E-state index contributed by atoms with van der Waals surface area (Å²) < 4.78 is 52.0. The molecular weight excluding hydrogens is 735 g/mol. The summed E-state index contributed by atoms with van der Waals surface area (Å²) in [6.45, 7) is 17.0. The fraction of sp³-hybridized carbons (Fsp3) is 0.600. The monoisotopic (exact) mass is 788 g/mol. The molecule has 4 aliphatic rings. The van der Waals surface area contributed by atoms with E-state index in [0.717, 1.165) is 11.5 Å². The first-order valence-corrected chi connectivity index (χ1v) is 20.3. The van der Waals surface area contributed by atoms with Crippen LogP contribution in [0.15, 0.2) is 46.4 Å². The van der Waals surface area contributed by atoms with E-state index in [2.05, 4.69) is 13.8 Å². The zero-order valence-electron chi connectivity index (χ0n) is 32.5. The second kappa shape index (κ2) is 16.5. The van der Waals surface area contributed by atoms with Gasteiger partial charge >= 0.3 is 11.9 Å². The Kier molecular flexibility index (Phi) is 12.8. The summed E-state index contributed by atoms with van der Waals surface area (Å²) in [7, 11) is 0. The Bertz CT molecular complexity index is 1650. The minimum absolute atomic E-state index is 0.0781. The third-order valence-electron chi connectivity index (χ3n) is 9.86. The molecule has 0 bridgehead atoms. The Morgan fingerprint density at radius 3 is 1.46 bits per heavy atom. The fourth-order valence-electron chi connectivity index (χ4n) is 7.51. The van der Waals surface area contributed by atoms with Crippen molar-refractivity contribution in [3.05, 3.63) is 59.2 Å². The van der Waals surface area contributed by atoms with Crippen molar-refractivity contribution < 1.29 is 37.3 Å². The van der Waals surface area contributed by atoms with Gasteiger partial charge in [0.1, 0.15) is 33.9 Å². The van der Waals surface area contributed by atoms with Crippen LogP contribution in [-0.2, 0) is 39.6 Å². The molecule has 4 aliphatic heterocycles. The number of nitrogens with two attached hydrogens (primary N) is 2. The standard InChI is InChI=1S/2C20H27FN2O3S/c2*1-12-9-25-11-20(14-7-13(22)5-6-16(14)21)15(12)10-27-17(23-20)8-18(24)26-19(2,3)4/h2*5-7,12,15H,8-11,22H2,1-4H3/t12-,15+,20+;12-,15-,20-/m01/s1. The number of nitrogen functional groups attached to an aromatic ring is 2. The molecule has 0 unspecified atom stereocenters. The van der Waals surface area contributed by atoms with Gasteiger partial charge in [-0.1, -0.05) is 13.8 Å². The van der Waals surface area contributed by atoms with Crippen LogP contribution in [0, 0.1) is 35.3 Å². The molecule has 0 aromatic heterocycles. The number of thioether (sulfide) groups is 2. The van der Waals surface area contributed by atoms with E-state index in [1.165, 1.54) is 12.1 Å². The van der Waals surface area contributed by atoms with Crippen molar-refractivity contribution in [1.29, 1.82) is 0 Å². The fourth-order valence-corrected chi connectivity index (χ4v) is 10.4. The molecule has 296 valence electrons. The molecule has 0 radical (unpaired) electrons. The van der Waals surface area contributed by atoms with Gasteiger partial charge in [-0.3, -0.25) is 19.6 Å². The highest BCUT2D eigenvalue weighted by molar-refractivity contribution is 8.14. The van der Waals surface area contributed by atoms with Crippen LogP contribution in [0.2, 0.25) is 0 Å². The van der Waals surface area contributed by atoms with Crippen LogP contribution in [0.5, 0.6) is 0 Å². The molecule has 0 aliphatic carbocycles. The number of esters is 2. The number of rotatable bonds is 6. The molecule has 2 fully saturated rings. The Morgan fingerprint density at radius 2 is 1.11 bits per heavy atom. The first-order valence-electron chi connectivity index (χ1n) is 18.3. The van der Waals surface area contributed by atoms with E-state index >= 15 is 0 Å². The van der Waals surface area contributed by atoms with Gasteiger partial charge in [0.25, 0.3) is 0 Å². The molecular formula is C40H54F2N4O6S2. The molecule has 4 heterocycles. The number of carbonyl (C=O) groups excluding carboxylic acids is 2. The van der Waals surface area contributed by atoms with Crippen molar-refractivity contribution >= 4 is 56.9 Å². The molecule has 6 rings (SSSR count). The smallest absolute Gasteiger partial charge is 0.312 e. The van der Waals surface area contributed by atoms with Gasteiger partial charge in [-0.05, 0) is 89.8 Å². The molecule has 4 N–H and O–H groups in total. The summed E-state index contributed by atoms with van der Waals surface area (Å²) in [5.41, 5.74) is 10.9. The number of hydrogen-bond donors (Lipinski definition) is 2. The summed E-state index contributed by atoms with van der Waals surface area (Å²) in [5.74, 6) is 0.794. The van der Waals surface area contributed by atoms with Crippen LogP contribution in [0.3, 0.4) is 0 Å². The third kappa shape index (κ3) is 9.78. The van der Waals surface area contributed by atoms with E-state index in [1.54, 1.807) is 47.8 Å². The number of benzene rings is 2. The van der Waals surface area contributed by atoms with Crippen molar-refractivity contribution in [3.63, 3.8) is 0 Å². The number of aliphatic imine (C=N–C) groups is 2. The molecule has 2 aromatic carbocycles. The van der Waals surface area contributed by atoms with Gasteiger partial charge in [0, 0.05) is 59.1 Å². The SMILES string of the molecule is C[C@@H]1COC[C@]2(c3cc(N)ccc3F)N=C(CC(=O)OC(C)(C)C)SC[C@H]12.C[C@H]1COC[C@]2(c3cc(N)ccc3F)N=C(CC(=O)OC(C)(C)C)SC[C@H]12. The van der Waals surface area contributed by atoms with Crippen LogP contribution in [0.1, 0.15) is 79.4 Å². The van der Waals surface area contributed by atoms with E-state index in [0.29, 0.717) is 45.8 Å². The second-order valence-corrected chi connectivity index (χ2v) is 18.9. The zero-order chi connectivity index (χ0) is 39.6. The summed E-state index contributed by atoms with van der Waals surface area (Å²) in [5, 5.41) is 1.31. The van der Waals surface area contributed by atoms with Crippen molar-refractivity contribution in [2.45, 2.75) is 90.5 Å². The van der Waals surface area contributed by atoms with Gasteiger partial charge in [0.15, 0.2) is 0 Å². The summed E-state index contributed by atoms with van der Waals surface area (Å²) >= 11 is 3.10. The van der Waals surface area contributed by atoms with E-state index in [1.807, 2.05) is 41.5 Å². The number of fused-ring (bicyclic) bond motifs is 2. The first-order chi connectivity index (χ1) is 25.2. The largest absolute Gasteiger partial charge is 0.460 e. The van der Waals surface area contributed by atoms with Crippen LogP contribution in [0.4, 0.5) is 20.2 Å². The minimum Gasteiger partial charge on any atom is -0.460 e. The maximum absolute atomic E-state index is 14.8. The van der Waals surface area contributed by atoms with Gasteiger partial charge in [0.2, 0.25) is 0 Å². The van der Waals surface area contributed by atoms with E-state index in [-0.39, 0.29) is 73.3 Å². The predicted molar refractivity (Wildman–Crippen MR) is 213 cm³/mol. The van der Waals surface area contributed by atoms with Crippen LogP contribution < -0.4 is 11.5 Å². The Labute approximate surface area is 326 Å². The lowest BCUT2D eigenvalue weighted by Gasteiger charge is -2.47.